The average Bonchev–Trinajstić information content (AvgIpc) is 3.17. The van der Waals surface area contributed by atoms with E-state index in [1.165, 1.54) is 16.5 Å². The fourth-order valence-electron chi connectivity index (χ4n) is 4.46. The molecule has 3 aromatic rings. The summed E-state index contributed by atoms with van der Waals surface area (Å²) in [5.41, 5.74) is 3.80. The lowest BCUT2D eigenvalue weighted by Gasteiger charge is -2.12. The molecule has 0 radical (unpaired) electrons. The van der Waals surface area contributed by atoms with Crippen LogP contribution in [0.3, 0.4) is 0 Å². The largest absolute Gasteiger partial charge is 0.491 e. The van der Waals surface area contributed by atoms with Gasteiger partial charge in [0, 0.05) is 57.5 Å². The summed E-state index contributed by atoms with van der Waals surface area (Å²) in [5, 5.41) is 8.52. The molecule has 0 fully saturated rings. The molecule has 0 atom stereocenters. The minimum atomic E-state index is 0.581. The molecule has 0 saturated heterocycles. The van der Waals surface area contributed by atoms with Crippen LogP contribution in [0.1, 0.15) is 17.7 Å². The molecule has 2 aliphatic rings. The third-order valence-corrected chi connectivity index (χ3v) is 6.37. The number of aromatic nitrogens is 2. The smallest absolute Gasteiger partial charge is 0.128 e. The molecule has 0 amide bonds. The summed E-state index contributed by atoms with van der Waals surface area (Å²) in [5.74, 6) is 0.904. The van der Waals surface area contributed by atoms with Crippen LogP contribution in [-0.2, 0) is 19.4 Å². The normalized spacial score (nSPS) is 16.5. The monoisotopic (exact) mass is 427 g/mol. The SMILES string of the molecule is ClC1=CCC(Cl)=c2c3c(n(CCOc4cccc5[nH]ccc45)c2=C1)CCNCC3. The Morgan fingerprint density at radius 2 is 2.00 bits per heavy atom. The molecule has 1 aromatic carbocycles. The highest BCUT2D eigenvalue weighted by molar-refractivity contribution is 6.45. The van der Waals surface area contributed by atoms with Crippen LogP contribution in [0.25, 0.3) is 22.0 Å². The van der Waals surface area contributed by atoms with Crippen LogP contribution in [0.15, 0.2) is 41.6 Å². The minimum absolute atomic E-state index is 0.581. The number of nitrogens with one attached hydrogen (secondary N) is 2. The summed E-state index contributed by atoms with van der Waals surface area (Å²) in [4.78, 5) is 3.23. The first kappa shape index (κ1) is 18.9. The molecule has 5 rings (SSSR count). The van der Waals surface area contributed by atoms with E-state index in [9.17, 15) is 0 Å². The molecule has 4 nitrogen and oxygen atoms in total. The van der Waals surface area contributed by atoms with E-state index in [4.69, 9.17) is 27.9 Å². The highest BCUT2D eigenvalue weighted by atomic mass is 35.5. The number of halogens is 2. The van der Waals surface area contributed by atoms with E-state index in [1.54, 1.807) is 0 Å². The maximum atomic E-state index is 6.73. The van der Waals surface area contributed by atoms with Gasteiger partial charge in [-0.05, 0) is 42.8 Å². The van der Waals surface area contributed by atoms with Gasteiger partial charge in [0.05, 0.1) is 11.9 Å². The zero-order valence-electron chi connectivity index (χ0n) is 16.1. The van der Waals surface area contributed by atoms with Crippen LogP contribution < -0.4 is 20.6 Å². The van der Waals surface area contributed by atoms with Crippen molar-refractivity contribution in [2.45, 2.75) is 25.8 Å². The maximum absolute atomic E-state index is 6.73. The number of allylic oxidation sites excluding steroid dienone is 2. The number of benzene rings is 1. The minimum Gasteiger partial charge on any atom is -0.491 e. The molecule has 1 aliphatic heterocycles. The lowest BCUT2D eigenvalue weighted by atomic mass is 10.1. The summed E-state index contributed by atoms with van der Waals surface area (Å²) >= 11 is 13.2. The van der Waals surface area contributed by atoms with Gasteiger partial charge in [-0.15, -0.1) is 0 Å². The summed E-state index contributed by atoms with van der Waals surface area (Å²) in [7, 11) is 0. The lowest BCUT2D eigenvalue weighted by molar-refractivity contribution is 0.298. The maximum Gasteiger partial charge on any atom is 0.128 e. The van der Waals surface area contributed by atoms with Crippen molar-refractivity contribution in [3.8, 4) is 5.75 Å². The highest BCUT2D eigenvalue weighted by Gasteiger charge is 2.20. The molecule has 0 saturated carbocycles. The van der Waals surface area contributed by atoms with Crippen molar-refractivity contribution < 1.29 is 4.74 Å². The quantitative estimate of drug-likeness (QED) is 0.669. The fourth-order valence-corrected chi connectivity index (χ4v) is 4.93. The first-order chi connectivity index (χ1) is 14.2. The number of nitrogens with zero attached hydrogens (tertiary/aromatic N) is 1. The molecule has 2 N–H and O–H groups in total. The number of rotatable bonds is 4. The van der Waals surface area contributed by atoms with Crippen molar-refractivity contribution in [3.05, 3.63) is 63.4 Å². The number of ether oxygens (including phenoxy) is 1. The van der Waals surface area contributed by atoms with Crippen molar-refractivity contribution in [2.75, 3.05) is 19.7 Å². The third-order valence-electron chi connectivity index (χ3n) is 5.76. The highest BCUT2D eigenvalue weighted by Crippen LogP contribution is 2.24. The van der Waals surface area contributed by atoms with E-state index in [0.717, 1.165) is 64.5 Å². The van der Waals surface area contributed by atoms with Crippen molar-refractivity contribution in [1.29, 1.82) is 0 Å². The van der Waals surface area contributed by atoms with Crippen LogP contribution >= 0.6 is 23.2 Å². The van der Waals surface area contributed by atoms with Crippen molar-refractivity contribution in [2.24, 2.45) is 0 Å². The molecule has 0 unspecified atom stereocenters. The van der Waals surface area contributed by atoms with E-state index in [2.05, 4.69) is 33.1 Å². The first-order valence-corrected chi connectivity index (χ1v) is 10.8. The number of fused-ring (bicyclic) bond motifs is 4. The molecular weight excluding hydrogens is 405 g/mol. The topological polar surface area (TPSA) is 42.0 Å². The second-order valence-electron chi connectivity index (χ2n) is 7.47. The van der Waals surface area contributed by atoms with Gasteiger partial charge in [0.15, 0.2) is 0 Å². The van der Waals surface area contributed by atoms with Gasteiger partial charge in [-0.1, -0.05) is 35.3 Å². The fraction of sp³-hybridized carbons (Fsp3) is 0.304. The van der Waals surface area contributed by atoms with Crippen molar-refractivity contribution in [1.82, 2.24) is 14.9 Å². The van der Waals surface area contributed by atoms with Crippen LogP contribution in [0.5, 0.6) is 5.75 Å². The first-order valence-electron chi connectivity index (χ1n) is 10.1. The second-order valence-corrected chi connectivity index (χ2v) is 8.37. The molecule has 150 valence electrons. The van der Waals surface area contributed by atoms with E-state index in [0.29, 0.717) is 13.0 Å². The number of hydrogen-bond acceptors (Lipinski definition) is 2. The Hall–Kier alpha value is -2.14. The molecule has 29 heavy (non-hydrogen) atoms. The number of hydrogen-bond donors (Lipinski definition) is 2. The Balaban J connectivity index is 1.52. The molecular formula is C23H23Cl2N3O. The number of H-pyrrole nitrogens is 1. The third kappa shape index (κ3) is 3.50. The van der Waals surface area contributed by atoms with Gasteiger partial charge in [-0.25, -0.2) is 0 Å². The molecule has 0 bridgehead atoms. The van der Waals surface area contributed by atoms with Gasteiger partial charge < -0.3 is 19.6 Å². The van der Waals surface area contributed by atoms with E-state index >= 15 is 0 Å². The van der Waals surface area contributed by atoms with Gasteiger partial charge in [0.1, 0.15) is 12.4 Å². The zero-order chi connectivity index (χ0) is 19.8. The predicted octanol–water partition coefficient (Wildman–Crippen LogP) is 3.39. The average molecular weight is 428 g/mol. The summed E-state index contributed by atoms with van der Waals surface area (Å²) in [6.45, 7) is 3.28. The Morgan fingerprint density at radius 3 is 2.93 bits per heavy atom. The van der Waals surface area contributed by atoms with Crippen molar-refractivity contribution >= 4 is 45.2 Å². The zero-order valence-corrected chi connectivity index (χ0v) is 17.6. The lowest BCUT2D eigenvalue weighted by Crippen LogP contribution is -2.34. The molecule has 2 aromatic heterocycles. The Bertz CT molecular complexity index is 1220. The molecule has 6 heteroatoms. The van der Waals surface area contributed by atoms with Gasteiger partial charge >= 0.3 is 0 Å². The summed E-state index contributed by atoms with van der Waals surface area (Å²) in [6, 6.07) is 8.15. The van der Waals surface area contributed by atoms with E-state index in [1.807, 2.05) is 24.4 Å². The van der Waals surface area contributed by atoms with Crippen LogP contribution in [0, 0.1) is 0 Å². The molecule has 3 heterocycles. The second kappa shape index (κ2) is 7.94. The predicted molar refractivity (Wildman–Crippen MR) is 120 cm³/mol. The van der Waals surface area contributed by atoms with Gasteiger partial charge in [0.2, 0.25) is 0 Å². The van der Waals surface area contributed by atoms with Crippen LogP contribution in [0.2, 0.25) is 0 Å². The summed E-state index contributed by atoms with van der Waals surface area (Å²) in [6.07, 6.45) is 8.63. The van der Waals surface area contributed by atoms with Crippen molar-refractivity contribution in [3.63, 3.8) is 0 Å². The Labute approximate surface area is 179 Å². The van der Waals surface area contributed by atoms with Crippen LogP contribution in [-0.4, -0.2) is 29.2 Å². The summed E-state index contributed by atoms with van der Waals surface area (Å²) < 4.78 is 8.55. The van der Waals surface area contributed by atoms with E-state index < -0.39 is 0 Å². The van der Waals surface area contributed by atoms with Gasteiger partial charge in [-0.2, -0.15) is 0 Å². The molecule has 1 aliphatic carbocycles. The standard InChI is InChI=1S/C23H23Cl2N3O/c24-15-4-5-18(25)23-17-6-9-26-10-8-20(17)28(21(23)14-15)12-13-29-22-3-1-2-19-16(22)7-11-27-19/h1-4,7,11,14,26-27H,5-6,8-10,12-13H2. The van der Waals surface area contributed by atoms with Crippen LogP contribution in [0.4, 0.5) is 0 Å². The number of aromatic amines is 1. The molecule has 0 spiro atoms. The van der Waals surface area contributed by atoms with Gasteiger partial charge in [0.25, 0.3) is 0 Å². The van der Waals surface area contributed by atoms with E-state index in [-0.39, 0.29) is 0 Å². The Kier molecular flexibility index (Phi) is 5.17. The van der Waals surface area contributed by atoms with Gasteiger partial charge in [-0.3, -0.25) is 0 Å². The Morgan fingerprint density at radius 1 is 1.10 bits per heavy atom.